The minimum absolute atomic E-state index is 0.0110. The lowest BCUT2D eigenvalue weighted by molar-refractivity contribution is 0.486. The summed E-state index contributed by atoms with van der Waals surface area (Å²) in [5.41, 5.74) is 1.72. The first-order chi connectivity index (χ1) is 13.5. The van der Waals surface area contributed by atoms with Crippen LogP contribution < -0.4 is 9.81 Å². The Morgan fingerprint density at radius 2 is 1.68 bits per heavy atom. The average Bonchev–Trinajstić information content (AvgIpc) is 3.05. The lowest BCUT2D eigenvalue weighted by atomic mass is 9.96. The van der Waals surface area contributed by atoms with E-state index in [2.05, 4.69) is 0 Å². The maximum Gasteiger partial charge on any atom is 0.339 e. The smallest absolute Gasteiger partial charge is 0.339 e. The summed E-state index contributed by atoms with van der Waals surface area (Å²) in [5.74, 6) is 1.22. The summed E-state index contributed by atoms with van der Waals surface area (Å²) >= 11 is 0. The van der Waals surface area contributed by atoms with Gasteiger partial charge in [0.25, 0.3) is 0 Å². The van der Waals surface area contributed by atoms with Crippen LogP contribution >= 0.6 is 0 Å². The highest BCUT2D eigenvalue weighted by atomic mass is 32.2. The van der Waals surface area contributed by atoms with E-state index >= 15 is 0 Å². The molecule has 1 aliphatic rings. The molecule has 6 nitrogen and oxygen atoms in total. The zero-order chi connectivity index (χ0) is 19.3. The van der Waals surface area contributed by atoms with Crippen molar-refractivity contribution in [1.82, 2.24) is 0 Å². The third-order valence-electron chi connectivity index (χ3n) is 5.01. The monoisotopic (exact) mass is 396 g/mol. The lowest BCUT2D eigenvalue weighted by Gasteiger charge is -2.09. The molecule has 142 valence electrons. The van der Waals surface area contributed by atoms with Crippen molar-refractivity contribution in [2.24, 2.45) is 0 Å². The van der Waals surface area contributed by atoms with E-state index in [4.69, 9.17) is 13.0 Å². The standard InChI is InChI=1S/C21H16O6S/c22-21-10-5-13-11-15(7-9-18(13)26-21)28(23,24)27-14-6-8-20-17(12-14)16-3-1-2-4-19(16)25-20/h5-12H,1-4H2. The molecule has 0 N–H and O–H groups in total. The molecule has 2 aromatic carbocycles. The first-order valence-corrected chi connectivity index (χ1v) is 10.4. The highest BCUT2D eigenvalue weighted by Crippen LogP contribution is 2.34. The Morgan fingerprint density at radius 3 is 2.57 bits per heavy atom. The molecule has 0 spiro atoms. The minimum Gasteiger partial charge on any atom is -0.461 e. The molecule has 0 saturated heterocycles. The number of hydrogen-bond acceptors (Lipinski definition) is 6. The maximum atomic E-state index is 12.7. The van der Waals surface area contributed by atoms with Gasteiger partial charge in [-0.15, -0.1) is 0 Å². The lowest BCUT2D eigenvalue weighted by Crippen LogP contribution is -2.10. The van der Waals surface area contributed by atoms with Gasteiger partial charge in [-0.05, 0) is 61.7 Å². The van der Waals surface area contributed by atoms with Crippen molar-refractivity contribution in [2.45, 2.75) is 30.6 Å². The van der Waals surface area contributed by atoms with Gasteiger partial charge in [0.1, 0.15) is 27.6 Å². The summed E-state index contributed by atoms with van der Waals surface area (Å²) in [6.45, 7) is 0. The van der Waals surface area contributed by atoms with Crippen molar-refractivity contribution in [1.29, 1.82) is 0 Å². The normalized spacial score (nSPS) is 14.3. The molecule has 0 fully saturated rings. The van der Waals surface area contributed by atoms with Gasteiger partial charge in [0.15, 0.2) is 0 Å². The molecule has 0 amide bonds. The summed E-state index contributed by atoms with van der Waals surface area (Å²) in [7, 11) is -4.04. The van der Waals surface area contributed by atoms with Crippen LogP contribution in [0.4, 0.5) is 0 Å². The highest BCUT2D eigenvalue weighted by Gasteiger charge is 2.21. The SMILES string of the molecule is O=c1ccc2cc(S(=O)(=O)Oc3ccc4oc5c(c4c3)CCCC5)ccc2o1. The minimum atomic E-state index is -4.04. The van der Waals surface area contributed by atoms with Crippen molar-refractivity contribution in [3.8, 4) is 5.75 Å². The Balaban J connectivity index is 1.52. The van der Waals surface area contributed by atoms with Crippen LogP contribution in [0.2, 0.25) is 0 Å². The number of rotatable bonds is 3. The van der Waals surface area contributed by atoms with Crippen LogP contribution in [-0.2, 0) is 23.0 Å². The fraction of sp³-hybridized carbons (Fsp3) is 0.190. The van der Waals surface area contributed by atoms with Crippen molar-refractivity contribution >= 4 is 32.1 Å². The van der Waals surface area contributed by atoms with Crippen LogP contribution in [0.15, 0.2) is 67.1 Å². The molecule has 7 heteroatoms. The fourth-order valence-electron chi connectivity index (χ4n) is 3.67. The maximum absolute atomic E-state index is 12.7. The molecule has 0 atom stereocenters. The van der Waals surface area contributed by atoms with Crippen LogP contribution in [-0.4, -0.2) is 8.42 Å². The van der Waals surface area contributed by atoms with E-state index in [0.717, 1.165) is 48.0 Å². The quantitative estimate of drug-likeness (QED) is 0.381. The largest absolute Gasteiger partial charge is 0.461 e. The molecule has 2 aromatic heterocycles. The van der Waals surface area contributed by atoms with E-state index in [1.807, 2.05) is 0 Å². The Hall–Kier alpha value is -3.06. The molecule has 28 heavy (non-hydrogen) atoms. The molecule has 0 saturated carbocycles. The molecule has 0 bridgehead atoms. The zero-order valence-electron chi connectivity index (χ0n) is 14.8. The van der Waals surface area contributed by atoms with Crippen LogP contribution in [0.25, 0.3) is 21.9 Å². The third kappa shape index (κ3) is 2.88. The fourth-order valence-corrected chi connectivity index (χ4v) is 4.63. The molecule has 0 radical (unpaired) electrons. The number of aryl methyl sites for hydroxylation is 2. The van der Waals surface area contributed by atoms with E-state index < -0.39 is 15.7 Å². The van der Waals surface area contributed by atoms with Crippen LogP contribution in [0.5, 0.6) is 5.75 Å². The summed E-state index contributed by atoms with van der Waals surface area (Å²) < 4.78 is 41.8. The number of hydrogen-bond donors (Lipinski definition) is 0. The first kappa shape index (κ1) is 17.1. The number of furan rings is 1. The molecule has 5 rings (SSSR count). The van der Waals surface area contributed by atoms with Crippen molar-refractivity contribution < 1.29 is 21.4 Å². The van der Waals surface area contributed by atoms with Gasteiger partial charge in [0.2, 0.25) is 0 Å². The molecule has 0 aliphatic heterocycles. The molecule has 4 aromatic rings. The predicted octanol–water partition coefficient (Wildman–Crippen LogP) is 4.19. The van der Waals surface area contributed by atoms with Gasteiger partial charge in [0, 0.05) is 28.8 Å². The van der Waals surface area contributed by atoms with Gasteiger partial charge in [-0.25, -0.2) is 4.79 Å². The van der Waals surface area contributed by atoms with Gasteiger partial charge < -0.3 is 13.0 Å². The molecule has 2 heterocycles. The van der Waals surface area contributed by atoms with E-state index in [1.54, 1.807) is 18.2 Å². The Kier molecular flexibility index (Phi) is 3.80. The van der Waals surface area contributed by atoms with Gasteiger partial charge in [-0.1, -0.05) is 0 Å². The van der Waals surface area contributed by atoms with E-state index in [1.165, 1.54) is 30.3 Å². The zero-order valence-corrected chi connectivity index (χ0v) is 15.6. The summed E-state index contributed by atoms with van der Waals surface area (Å²) in [6, 6.07) is 12.1. The second kappa shape index (κ2) is 6.24. The van der Waals surface area contributed by atoms with E-state index in [0.29, 0.717) is 11.0 Å². The predicted molar refractivity (Wildman–Crippen MR) is 103 cm³/mol. The van der Waals surface area contributed by atoms with Gasteiger partial charge in [0.05, 0.1) is 0 Å². The molecular weight excluding hydrogens is 380 g/mol. The van der Waals surface area contributed by atoms with Gasteiger partial charge in [-0.3, -0.25) is 0 Å². The summed E-state index contributed by atoms with van der Waals surface area (Å²) in [4.78, 5) is 11.3. The van der Waals surface area contributed by atoms with E-state index in [9.17, 15) is 13.2 Å². The summed E-state index contributed by atoms with van der Waals surface area (Å²) in [6.07, 6.45) is 4.03. The molecule has 1 aliphatic carbocycles. The van der Waals surface area contributed by atoms with Crippen LogP contribution in [0.3, 0.4) is 0 Å². The Labute approximate surface area is 160 Å². The average molecular weight is 396 g/mol. The first-order valence-electron chi connectivity index (χ1n) is 9.02. The van der Waals surface area contributed by atoms with E-state index in [-0.39, 0.29) is 10.6 Å². The third-order valence-corrected chi connectivity index (χ3v) is 6.26. The van der Waals surface area contributed by atoms with Gasteiger partial charge in [-0.2, -0.15) is 8.42 Å². The molecule has 0 unspecified atom stereocenters. The highest BCUT2D eigenvalue weighted by molar-refractivity contribution is 7.87. The van der Waals surface area contributed by atoms with Crippen molar-refractivity contribution in [2.75, 3.05) is 0 Å². The molecular formula is C21H16O6S. The number of benzene rings is 2. The van der Waals surface area contributed by atoms with Crippen LogP contribution in [0.1, 0.15) is 24.2 Å². The van der Waals surface area contributed by atoms with Crippen molar-refractivity contribution in [3.05, 3.63) is 70.3 Å². The topological polar surface area (TPSA) is 86.7 Å². The second-order valence-electron chi connectivity index (χ2n) is 6.86. The summed E-state index contributed by atoms with van der Waals surface area (Å²) in [5, 5.41) is 1.41. The van der Waals surface area contributed by atoms with Crippen LogP contribution in [0, 0.1) is 0 Å². The van der Waals surface area contributed by atoms with Gasteiger partial charge >= 0.3 is 15.7 Å². The van der Waals surface area contributed by atoms with Crippen molar-refractivity contribution in [3.63, 3.8) is 0 Å². The Bertz CT molecular complexity index is 1380. The Morgan fingerprint density at radius 1 is 0.857 bits per heavy atom. The second-order valence-corrected chi connectivity index (χ2v) is 8.41. The number of fused-ring (bicyclic) bond motifs is 4.